The maximum Gasteiger partial charge on any atom is 0.320 e. The molecule has 0 amide bonds. The van der Waals surface area contributed by atoms with Crippen molar-refractivity contribution in [3.63, 3.8) is 0 Å². The third-order valence-electron chi connectivity index (χ3n) is 4.18. The molecule has 132 valence electrons. The van der Waals surface area contributed by atoms with E-state index in [1.807, 2.05) is 42.5 Å². The van der Waals surface area contributed by atoms with Crippen LogP contribution in [0.15, 0.2) is 46.9 Å². The molecule has 0 fully saturated rings. The van der Waals surface area contributed by atoms with Gasteiger partial charge in [-0.2, -0.15) is 5.10 Å². The number of methoxy groups -OCH3 is 1. The van der Waals surface area contributed by atoms with E-state index in [2.05, 4.69) is 32.6 Å². The molecule has 0 aliphatic carbocycles. The van der Waals surface area contributed by atoms with Crippen molar-refractivity contribution in [1.29, 1.82) is 0 Å². The molecule has 0 spiro atoms. The second-order valence-electron chi connectivity index (χ2n) is 5.94. The minimum atomic E-state index is 0.365. The number of aryl methyl sites for hydroxylation is 1. The van der Waals surface area contributed by atoms with E-state index >= 15 is 0 Å². The standard InChI is InChI=1S/C19H19N5O2/c1-3-16-15-11-13(7-8-17(15)22-21-16)20-19-24-23-18(26-19)10-12-5-4-6-14(9-12)25-2/h4-9,11H,3,10H2,1-2H3,(H,20,24)(H,21,22). The Bertz CT molecular complexity index is 1040. The first-order valence-corrected chi connectivity index (χ1v) is 8.44. The lowest BCUT2D eigenvalue weighted by Crippen LogP contribution is -1.90. The SMILES string of the molecule is CCc1n[nH]c2ccc(Nc3nnc(Cc4cccc(OC)c4)o3)cc12. The van der Waals surface area contributed by atoms with Crippen molar-refractivity contribution >= 4 is 22.6 Å². The molecule has 0 bridgehead atoms. The van der Waals surface area contributed by atoms with Gasteiger partial charge in [-0.3, -0.25) is 5.10 Å². The van der Waals surface area contributed by atoms with Crippen LogP contribution < -0.4 is 10.1 Å². The molecule has 0 radical (unpaired) electrons. The van der Waals surface area contributed by atoms with E-state index in [1.54, 1.807) is 7.11 Å². The molecule has 2 N–H and O–H groups in total. The molecule has 2 aromatic heterocycles. The molecule has 0 aliphatic rings. The Morgan fingerprint density at radius 1 is 1.15 bits per heavy atom. The predicted octanol–water partition coefficient (Wildman–Crippen LogP) is 3.85. The van der Waals surface area contributed by atoms with Crippen molar-refractivity contribution in [2.75, 3.05) is 12.4 Å². The highest BCUT2D eigenvalue weighted by atomic mass is 16.5. The van der Waals surface area contributed by atoms with Gasteiger partial charge in [0.1, 0.15) is 5.75 Å². The molecule has 0 unspecified atom stereocenters. The molecule has 0 saturated carbocycles. The summed E-state index contributed by atoms with van der Waals surface area (Å²) in [5, 5.41) is 19.8. The van der Waals surface area contributed by atoms with Crippen LogP contribution in [0.3, 0.4) is 0 Å². The van der Waals surface area contributed by atoms with Gasteiger partial charge < -0.3 is 14.5 Å². The second-order valence-corrected chi connectivity index (χ2v) is 5.94. The van der Waals surface area contributed by atoms with E-state index in [4.69, 9.17) is 9.15 Å². The van der Waals surface area contributed by atoms with E-state index in [1.165, 1.54) is 0 Å². The topological polar surface area (TPSA) is 88.9 Å². The highest BCUT2D eigenvalue weighted by Gasteiger charge is 2.10. The molecule has 7 nitrogen and oxygen atoms in total. The van der Waals surface area contributed by atoms with Crippen LogP contribution in [0.1, 0.15) is 24.1 Å². The number of benzene rings is 2. The van der Waals surface area contributed by atoms with E-state index in [9.17, 15) is 0 Å². The first-order chi connectivity index (χ1) is 12.7. The zero-order valence-electron chi connectivity index (χ0n) is 14.6. The van der Waals surface area contributed by atoms with Crippen LogP contribution >= 0.6 is 0 Å². The first kappa shape index (κ1) is 16.1. The number of anilines is 2. The summed E-state index contributed by atoms with van der Waals surface area (Å²) in [7, 11) is 1.65. The summed E-state index contributed by atoms with van der Waals surface area (Å²) >= 11 is 0. The lowest BCUT2D eigenvalue weighted by atomic mass is 10.1. The molecule has 4 rings (SSSR count). The third kappa shape index (κ3) is 3.23. The molecule has 0 aliphatic heterocycles. The van der Waals surface area contributed by atoms with Crippen molar-refractivity contribution in [3.8, 4) is 5.75 Å². The number of nitrogens with one attached hydrogen (secondary N) is 2. The van der Waals surface area contributed by atoms with Gasteiger partial charge >= 0.3 is 6.01 Å². The lowest BCUT2D eigenvalue weighted by molar-refractivity contribution is 0.414. The third-order valence-corrected chi connectivity index (χ3v) is 4.18. The van der Waals surface area contributed by atoms with Crippen molar-refractivity contribution in [3.05, 3.63) is 59.6 Å². The number of hydrogen-bond donors (Lipinski definition) is 2. The first-order valence-electron chi connectivity index (χ1n) is 8.44. The Morgan fingerprint density at radius 3 is 2.92 bits per heavy atom. The molecule has 4 aromatic rings. The minimum Gasteiger partial charge on any atom is -0.497 e. The molecule has 26 heavy (non-hydrogen) atoms. The number of aromatic amines is 1. The second kappa shape index (κ2) is 6.87. The average molecular weight is 349 g/mol. The quantitative estimate of drug-likeness (QED) is 0.549. The van der Waals surface area contributed by atoms with E-state index in [-0.39, 0.29) is 0 Å². The number of aromatic nitrogens is 4. The van der Waals surface area contributed by atoms with Gasteiger partial charge in [0.15, 0.2) is 0 Å². The number of rotatable bonds is 6. The van der Waals surface area contributed by atoms with Crippen LogP contribution in [0.5, 0.6) is 5.75 Å². The zero-order valence-corrected chi connectivity index (χ0v) is 14.6. The Labute approximate surface area is 150 Å². The van der Waals surface area contributed by atoms with Gasteiger partial charge in [0.2, 0.25) is 5.89 Å². The van der Waals surface area contributed by atoms with Crippen LogP contribution in [0.2, 0.25) is 0 Å². The number of hydrogen-bond acceptors (Lipinski definition) is 6. The fraction of sp³-hybridized carbons (Fsp3) is 0.211. The molecule has 7 heteroatoms. The van der Waals surface area contributed by atoms with Crippen molar-refractivity contribution in [1.82, 2.24) is 20.4 Å². The molecule has 0 atom stereocenters. The smallest absolute Gasteiger partial charge is 0.320 e. The van der Waals surface area contributed by atoms with Crippen LogP contribution in [0.25, 0.3) is 10.9 Å². The predicted molar refractivity (Wildman–Crippen MR) is 98.9 cm³/mol. The maximum atomic E-state index is 5.72. The van der Waals surface area contributed by atoms with Gasteiger partial charge in [0, 0.05) is 11.1 Å². The highest BCUT2D eigenvalue weighted by Crippen LogP contribution is 2.24. The lowest BCUT2D eigenvalue weighted by Gasteiger charge is -2.02. The van der Waals surface area contributed by atoms with Gasteiger partial charge in [-0.05, 0) is 42.3 Å². The summed E-state index contributed by atoms with van der Waals surface area (Å²) in [5.74, 6) is 1.35. The van der Waals surface area contributed by atoms with Crippen molar-refractivity contribution in [2.24, 2.45) is 0 Å². The Kier molecular flexibility index (Phi) is 4.27. The minimum absolute atomic E-state index is 0.365. The van der Waals surface area contributed by atoms with E-state index in [0.29, 0.717) is 18.3 Å². The molecular weight excluding hydrogens is 330 g/mol. The van der Waals surface area contributed by atoms with E-state index in [0.717, 1.165) is 40.0 Å². The summed E-state index contributed by atoms with van der Waals surface area (Å²) < 4.78 is 11.0. The van der Waals surface area contributed by atoms with Gasteiger partial charge in [0.05, 0.1) is 24.7 Å². The van der Waals surface area contributed by atoms with Crippen molar-refractivity contribution in [2.45, 2.75) is 19.8 Å². The van der Waals surface area contributed by atoms with Gasteiger partial charge in [0.25, 0.3) is 0 Å². The van der Waals surface area contributed by atoms with Crippen LogP contribution in [-0.2, 0) is 12.8 Å². The van der Waals surface area contributed by atoms with Gasteiger partial charge in [-0.25, -0.2) is 0 Å². The number of nitrogens with zero attached hydrogens (tertiary/aromatic N) is 3. The highest BCUT2D eigenvalue weighted by molar-refractivity contribution is 5.85. The monoisotopic (exact) mass is 349 g/mol. The zero-order chi connectivity index (χ0) is 17.9. The maximum absolute atomic E-state index is 5.72. The Hall–Kier alpha value is -3.35. The van der Waals surface area contributed by atoms with Crippen molar-refractivity contribution < 1.29 is 9.15 Å². The fourth-order valence-electron chi connectivity index (χ4n) is 2.87. The van der Waals surface area contributed by atoms with Gasteiger partial charge in [-0.15, -0.1) is 5.10 Å². The van der Waals surface area contributed by atoms with Crippen LogP contribution in [-0.4, -0.2) is 27.5 Å². The normalized spacial score (nSPS) is 11.0. The van der Waals surface area contributed by atoms with Crippen LogP contribution in [0.4, 0.5) is 11.7 Å². The number of ether oxygens (including phenoxy) is 1. The summed E-state index contributed by atoms with van der Waals surface area (Å²) in [6.07, 6.45) is 1.42. The fourth-order valence-corrected chi connectivity index (χ4v) is 2.87. The summed E-state index contributed by atoms with van der Waals surface area (Å²) in [6.45, 7) is 2.08. The number of fused-ring (bicyclic) bond motifs is 1. The summed E-state index contributed by atoms with van der Waals surface area (Å²) in [5.41, 5.74) is 3.97. The molecular formula is C19H19N5O2. The number of H-pyrrole nitrogens is 1. The average Bonchev–Trinajstić information content (AvgIpc) is 3.28. The van der Waals surface area contributed by atoms with E-state index < -0.39 is 0 Å². The molecule has 2 heterocycles. The molecule has 0 saturated heterocycles. The van der Waals surface area contributed by atoms with Gasteiger partial charge in [-0.1, -0.05) is 24.2 Å². The Morgan fingerprint density at radius 2 is 2.08 bits per heavy atom. The molecule has 2 aromatic carbocycles. The summed E-state index contributed by atoms with van der Waals surface area (Å²) in [6, 6.07) is 14.1. The largest absolute Gasteiger partial charge is 0.497 e. The van der Waals surface area contributed by atoms with Crippen LogP contribution in [0, 0.1) is 0 Å². The Balaban J connectivity index is 1.51. The summed E-state index contributed by atoms with van der Waals surface area (Å²) in [4.78, 5) is 0.